The Morgan fingerprint density at radius 1 is 1.54 bits per heavy atom. The summed E-state index contributed by atoms with van der Waals surface area (Å²) in [6.45, 7) is 5.64. The first kappa shape index (κ1) is 9.20. The topological polar surface area (TPSA) is 29.1 Å². The first-order valence-electron chi connectivity index (χ1n) is 5.37. The van der Waals surface area contributed by atoms with E-state index >= 15 is 0 Å². The lowest BCUT2D eigenvalue weighted by atomic mass is 9.61. The molecule has 1 saturated heterocycles. The standard InChI is InChI=1S/C11H19NO/c1-8-10-4-3-9(13)7-11(10,2)5-6-12-8/h8,10,12H,3-7H2,1-2H3. The van der Waals surface area contributed by atoms with Crippen LogP contribution in [0.2, 0.25) is 0 Å². The Balaban J connectivity index is 2.17. The largest absolute Gasteiger partial charge is 0.314 e. The molecule has 2 heteroatoms. The van der Waals surface area contributed by atoms with E-state index in [0.29, 0.717) is 17.2 Å². The Hall–Kier alpha value is -0.370. The van der Waals surface area contributed by atoms with Crippen LogP contribution in [0.4, 0.5) is 0 Å². The number of ketones is 1. The molecule has 2 nitrogen and oxygen atoms in total. The lowest BCUT2D eigenvalue weighted by Gasteiger charge is -2.48. The van der Waals surface area contributed by atoms with Gasteiger partial charge in [-0.1, -0.05) is 6.92 Å². The van der Waals surface area contributed by atoms with Crippen molar-refractivity contribution in [3.63, 3.8) is 0 Å². The van der Waals surface area contributed by atoms with Gasteiger partial charge in [-0.25, -0.2) is 0 Å². The second-order valence-corrected chi connectivity index (χ2v) is 5.01. The minimum atomic E-state index is 0.306. The van der Waals surface area contributed by atoms with Gasteiger partial charge in [-0.2, -0.15) is 0 Å². The molecule has 2 fully saturated rings. The van der Waals surface area contributed by atoms with E-state index in [1.807, 2.05) is 0 Å². The summed E-state index contributed by atoms with van der Waals surface area (Å²) in [4.78, 5) is 11.4. The highest BCUT2D eigenvalue weighted by Crippen LogP contribution is 2.45. The van der Waals surface area contributed by atoms with Gasteiger partial charge in [0.1, 0.15) is 5.78 Å². The van der Waals surface area contributed by atoms with Crippen LogP contribution in [0, 0.1) is 11.3 Å². The fourth-order valence-corrected chi connectivity index (χ4v) is 3.19. The number of Topliss-reactive ketones (excluding diaryl/α,β-unsaturated/α-hetero) is 1. The van der Waals surface area contributed by atoms with Crippen LogP contribution >= 0.6 is 0 Å². The molecule has 0 radical (unpaired) electrons. The summed E-state index contributed by atoms with van der Waals surface area (Å²) >= 11 is 0. The van der Waals surface area contributed by atoms with Crippen molar-refractivity contribution in [3.05, 3.63) is 0 Å². The minimum Gasteiger partial charge on any atom is -0.314 e. The van der Waals surface area contributed by atoms with Gasteiger partial charge in [-0.3, -0.25) is 4.79 Å². The van der Waals surface area contributed by atoms with E-state index in [-0.39, 0.29) is 0 Å². The normalized spacial score (nSPS) is 45.8. The molecule has 1 heterocycles. The molecule has 0 aromatic carbocycles. The van der Waals surface area contributed by atoms with E-state index in [0.717, 1.165) is 31.7 Å². The van der Waals surface area contributed by atoms with Crippen molar-refractivity contribution in [1.82, 2.24) is 5.32 Å². The molecule has 2 aliphatic rings. The Kier molecular flexibility index (Phi) is 2.18. The van der Waals surface area contributed by atoms with Gasteiger partial charge in [0.2, 0.25) is 0 Å². The maximum absolute atomic E-state index is 11.4. The number of hydrogen-bond acceptors (Lipinski definition) is 2. The fourth-order valence-electron chi connectivity index (χ4n) is 3.19. The molecule has 13 heavy (non-hydrogen) atoms. The van der Waals surface area contributed by atoms with Gasteiger partial charge in [0, 0.05) is 18.9 Å². The predicted octanol–water partition coefficient (Wildman–Crippen LogP) is 1.74. The van der Waals surface area contributed by atoms with Gasteiger partial charge < -0.3 is 5.32 Å². The molecule has 1 N–H and O–H groups in total. The number of fused-ring (bicyclic) bond motifs is 1. The van der Waals surface area contributed by atoms with Gasteiger partial charge in [0.15, 0.2) is 0 Å². The van der Waals surface area contributed by atoms with Gasteiger partial charge in [-0.05, 0) is 37.6 Å². The van der Waals surface area contributed by atoms with Crippen LogP contribution in [-0.4, -0.2) is 18.4 Å². The second kappa shape index (κ2) is 3.09. The maximum Gasteiger partial charge on any atom is 0.133 e. The summed E-state index contributed by atoms with van der Waals surface area (Å²) in [5, 5.41) is 3.51. The SMILES string of the molecule is CC1NCCC2(C)CC(=O)CCC12. The zero-order valence-corrected chi connectivity index (χ0v) is 8.60. The second-order valence-electron chi connectivity index (χ2n) is 5.01. The van der Waals surface area contributed by atoms with Crippen molar-refractivity contribution in [2.45, 2.75) is 45.6 Å². The summed E-state index contributed by atoms with van der Waals surface area (Å²) in [7, 11) is 0. The molecule has 74 valence electrons. The molecule has 1 saturated carbocycles. The lowest BCUT2D eigenvalue weighted by Crippen LogP contribution is -2.52. The highest BCUT2D eigenvalue weighted by atomic mass is 16.1. The predicted molar refractivity (Wildman–Crippen MR) is 52.5 cm³/mol. The van der Waals surface area contributed by atoms with Gasteiger partial charge in [-0.15, -0.1) is 0 Å². The molecule has 0 aromatic rings. The highest BCUT2D eigenvalue weighted by Gasteiger charge is 2.44. The molecule has 0 spiro atoms. The van der Waals surface area contributed by atoms with Crippen molar-refractivity contribution in [2.24, 2.45) is 11.3 Å². The van der Waals surface area contributed by atoms with Gasteiger partial charge >= 0.3 is 0 Å². The van der Waals surface area contributed by atoms with Crippen LogP contribution in [0.5, 0.6) is 0 Å². The van der Waals surface area contributed by atoms with Crippen LogP contribution < -0.4 is 5.32 Å². The molecular weight excluding hydrogens is 162 g/mol. The zero-order chi connectivity index (χ0) is 9.47. The number of hydrogen-bond donors (Lipinski definition) is 1. The van der Waals surface area contributed by atoms with Crippen LogP contribution in [-0.2, 0) is 4.79 Å². The van der Waals surface area contributed by atoms with Crippen LogP contribution in [0.15, 0.2) is 0 Å². The highest BCUT2D eigenvalue weighted by molar-refractivity contribution is 5.80. The molecule has 3 atom stereocenters. The number of rotatable bonds is 0. The van der Waals surface area contributed by atoms with E-state index in [2.05, 4.69) is 19.2 Å². The molecule has 1 aliphatic heterocycles. The summed E-state index contributed by atoms with van der Waals surface area (Å²) in [5.41, 5.74) is 0.306. The number of carbonyl (C=O) groups excluding carboxylic acids is 1. The van der Waals surface area contributed by atoms with E-state index < -0.39 is 0 Å². The van der Waals surface area contributed by atoms with Crippen molar-refractivity contribution < 1.29 is 4.79 Å². The molecule has 1 aliphatic carbocycles. The average Bonchev–Trinajstić information content (AvgIpc) is 2.02. The molecule has 3 unspecified atom stereocenters. The Labute approximate surface area is 80.1 Å². The summed E-state index contributed by atoms with van der Waals surface area (Å²) in [6, 6.07) is 0.604. The third kappa shape index (κ3) is 1.52. The monoisotopic (exact) mass is 181 g/mol. The smallest absolute Gasteiger partial charge is 0.133 e. The van der Waals surface area contributed by atoms with E-state index in [1.54, 1.807) is 0 Å². The van der Waals surface area contributed by atoms with Crippen molar-refractivity contribution in [1.29, 1.82) is 0 Å². The third-order valence-electron chi connectivity index (χ3n) is 4.00. The molecule has 0 bridgehead atoms. The van der Waals surface area contributed by atoms with Crippen LogP contribution in [0.3, 0.4) is 0 Å². The van der Waals surface area contributed by atoms with Crippen molar-refractivity contribution in [3.8, 4) is 0 Å². The summed E-state index contributed by atoms with van der Waals surface area (Å²) in [6.07, 6.45) is 3.91. The fraction of sp³-hybridized carbons (Fsp3) is 0.909. The molecule has 2 rings (SSSR count). The van der Waals surface area contributed by atoms with Crippen molar-refractivity contribution in [2.75, 3.05) is 6.54 Å². The van der Waals surface area contributed by atoms with Crippen LogP contribution in [0.1, 0.15) is 39.5 Å². The van der Waals surface area contributed by atoms with Crippen molar-refractivity contribution >= 4 is 5.78 Å². The van der Waals surface area contributed by atoms with E-state index in [4.69, 9.17) is 0 Å². The first-order chi connectivity index (χ1) is 6.12. The molecular formula is C11H19NO. The lowest BCUT2D eigenvalue weighted by molar-refractivity contribution is -0.127. The minimum absolute atomic E-state index is 0.306. The Morgan fingerprint density at radius 2 is 2.31 bits per heavy atom. The third-order valence-corrected chi connectivity index (χ3v) is 4.00. The van der Waals surface area contributed by atoms with Gasteiger partial charge in [0.05, 0.1) is 0 Å². The van der Waals surface area contributed by atoms with E-state index in [9.17, 15) is 4.79 Å². The Morgan fingerprint density at radius 3 is 3.08 bits per heavy atom. The maximum atomic E-state index is 11.4. The quantitative estimate of drug-likeness (QED) is 0.617. The number of piperidine rings is 1. The van der Waals surface area contributed by atoms with Gasteiger partial charge in [0.25, 0.3) is 0 Å². The summed E-state index contributed by atoms with van der Waals surface area (Å²) < 4.78 is 0. The average molecular weight is 181 g/mol. The Bertz CT molecular complexity index is 226. The molecule has 0 amide bonds. The number of carbonyl (C=O) groups is 1. The van der Waals surface area contributed by atoms with Crippen LogP contribution in [0.25, 0.3) is 0 Å². The summed E-state index contributed by atoms with van der Waals surface area (Å²) in [5.74, 6) is 1.20. The molecule has 0 aromatic heterocycles. The number of nitrogens with one attached hydrogen (secondary N) is 1. The zero-order valence-electron chi connectivity index (χ0n) is 8.60. The first-order valence-corrected chi connectivity index (χ1v) is 5.37. The van der Waals surface area contributed by atoms with E-state index in [1.165, 1.54) is 6.42 Å².